The van der Waals surface area contributed by atoms with Gasteiger partial charge in [0.25, 0.3) is 5.91 Å². The first-order chi connectivity index (χ1) is 14.6. The lowest BCUT2D eigenvalue weighted by molar-refractivity contribution is -0.130. The number of rotatable bonds is 8. The van der Waals surface area contributed by atoms with E-state index in [4.69, 9.17) is 14.0 Å². The average molecular weight is 407 g/mol. The van der Waals surface area contributed by atoms with Crippen LogP contribution < -0.4 is 10.1 Å². The van der Waals surface area contributed by atoms with E-state index in [9.17, 15) is 9.59 Å². The SMILES string of the molecule is Cc1nc(COc2ccccc2C(=O)O[C@@H](C(=O)NC2CC2)c2ccccc2)no1. The molecule has 4 rings (SSSR count). The van der Waals surface area contributed by atoms with Crippen LogP contribution in [0.1, 0.15) is 46.6 Å². The number of ether oxygens (including phenoxy) is 2. The summed E-state index contributed by atoms with van der Waals surface area (Å²) in [6.45, 7) is 1.71. The van der Waals surface area contributed by atoms with Crippen molar-refractivity contribution in [1.82, 2.24) is 15.5 Å². The van der Waals surface area contributed by atoms with E-state index < -0.39 is 12.1 Å². The summed E-state index contributed by atoms with van der Waals surface area (Å²) in [5, 5.41) is 6.67. The van der Waals surface area contributed by atoms with E-state index in [0.29, 0.717) is 23.0 Å². The molecule has 0 bridgehead atoms. The topological polar surface area (TPSA) is 104 Å². The zero-order chi connectivity index (χ0) is 20.9. The second-order valence-corrected chi connectivity index (χ2v) is 6.99. The number of carbonyl (C=O) groups is 2. The van der Waals surface area contributed by atoms with Gasteiger partial charge in [-0.1, -0.05) is 47.6 Å². The lowest BCUT2D eigenvalue weighted by atomic mass is 10.1. The lowest BCUT2D eigenvalue weighted by Crippen LogP contribution is -2.33. The molecule has 0 radical (unpaired) electrons. The molecule has 1 atom stereocenters. The van der Waals surface area contributed by atoms with Crippen molar-refractivity contribution in [3.8, 4) is 5.75 Å². The second-order valence-electron chi connectivity index (χ2n) is 6.99. The van der Waals surface area contributed by atoms with Crippen LogP contribution >= 0.6 is 0 Å². The van der Waals surface area contributed by atoms with E-state index in [0.717, 1.165) is 12.8 Å². The van der Waals surface area contributed by atoms with Crippen LogP contribution in [0.5, 0.6) is 5.75 Å². The molecule has 0 saturated heterocycles. The minimum atomic E-state index is -1.05. The lowest BCUT2D eigenvalue weighted by Gasteiger charge is -2.19. The number of nitrogens with one attached hydrogen (secondary N) is 1. The third-order valence-electron chi connectivity index (χ3n) is 4.52. The average Bonchev–Trinajstić information content (AvgIpc) is 3.48. The normalized spacial score (nSPS) is 14.0. The van der Waals surface area contributed by atoms with E-state index in [2.05, 4.69) is 15.5 Å². The van der Waals surface area contributed by atoms with Crippen LogP contribution in [0.3, 0.4) is 0 Å². The molecule has 30 heavy (non-hydrogen) atoms. The molecule has 1 aliphatic rings. The summed E-state index contributed by atoms with van der Waals surface area (Å²) >= 11 is 0. The molecule has 2 aromatic carbocycles. The van der Waals surface area contributed by atoms with Crippen LogP contribution in [-0.4, -0.2) is 28.1 Å². The fourth-order valence-electron chi connectivity index (χ4n) is 2.88. The van der Waals surface area contributed by atoms with Gasteiger partial charge in [-0.05, 0) is 25.0 Å². The van der Waals surface area contributed by atoms with E-state index in [1.54, 1.807) is 55.5 Å². The zero-order valence-corrected chi connectivity index (χ0v) is 16.4. The number of carbonyl (C=O) groups excluding carboxylic acids is 2. The van der Waals surface area contributed by atoms with Crippen LogP contribution in [0.15, 0.2) is 59.1 Å². The molecule has 1 saturated carbocycles. The van der Waals surface area contributed by atoms with E-state index in [1.807, 2.05) is 6.07 Å². The maximum Gasteiger partial charge on any atom is 0.343 e. The number of amides is 1. The molecule has 1 aromatic heterocycles. The van der Waals surface area contributed by atoms with Gasteiger partial charge >= 0.3 is 5.97 Å². The van der Waals surface area contributed by atoms with Crippen molar-refractivity contribution in [2.45, 2.75) is 38.5 Å². The van der Waals surface area contributed by atoms with E-state index >= 15 is 0 Å². The van der Waals surface area contributed by atoms with Crippen LogP contribution in [0.4, 0.5) is 0 Å². The first-order valence-corrected chi connectivity index (χ1v) is 9.67. The Kier molecular flexibility index (Phi) is 5.74. The summed E-state index contributed by atoms with van der Waals surface area (Å²) in [4.78, 5) is 29.7. The van der Waals surface area contributed by atoms with Gasteiger partial charge in [-0.2, -0.15) is 4.98 Å². The van der Waals surface area contributed by atoms with Crippen molar-refractivity contribution in [1.29, 1.82) is 0 Å². The molecule has 1 heterocycles. The van der Waals surface area contributed by atoms with Crippen LogP contribution in [0.25, 0.3) is 0 Å². The van der Waals surface area contributed by atoms with Gasteiger partial charge in [0.1, 0.15) is 11.3 Å². The number of aryl methyl sites for hydroxylation is 1. The smallest absolute Gasteiger partial charge is 0.343 e. The summed E-state index contributed by atoms with van der Waals surface area (Å²) in [6, 6.07) is 15.8. The molecule has 8 nitrogen and oxygen atoms in total. The monoisotopic (exact) mass is 407 g/mol. The number of nitrogens with zero attached hydrogens (tertiary/aromatic N) is 2. The third-order valence-corrected chi connectivity index (χ3v) is 4.52. The van der Waals surface area contributed by atoms with Crippen molar-refractivity contribution < 1.29 is 23.6 Å². The summed E-state index contributed by atoms with van der Waals surface area (Å²) in [5.74, 6) is 0.0992. The maximum atomic E-state index is 12.9. The van der Waals surface area contributed by atoms with E-state index in [1.165, 1.54) is 0 Å². The highest BCUT2D eigenvalue weighted by Gasteiger charge is 2.31. The quantitative estimate of drug-likeness (QED) is 0.572. The minimum Gasteiger partial charge on any atom is -0.485 e. The van der Waals surface area contributed by atoms with Crippen molar-refractivity contribution >= 4 is 11.9 Å². The minimum absolute atomic E-state index is 0.0336. The molecule has 0 aliphatic heterocycles. The molecular weight excluding hydrogens is 386 g/mol. The molecule has 3 aromatic rings. The van der Waals surface area contributed by atoms with Crippen molar-refractivity contribution in [3.63, 3.8) is 0 Å². The predicted octanol–water partition coefficient (Wildman–Crippen LogP) is 3.13. The van der Waals surface area contributed by atoms with Crippen molar-refractivity contribution in [2.75, 3.05) is 0 Å². The number of hydrogen-bond acceptors (Lipinski definition) is 7. The molecule has 1 aliphatic carbocycles. The Morgan fingerprint density at radius 1 is 1.13 bits per heavy atom. The molecule has 0 unspecified atom stereocenters. The van der Waals surface area contributed by atoms with Gasteiger partial charge in [0.2, 0.25) is 17.8 Å². The highest BCUT2D eigenvalue weighted by molar-refractivity contribution is 5.95. The summed E-state index contributed by atoms with van der Waals surface area (Å²) in [6.07, 6.45) is 0.827. The van der Waals surface area contributed by atoms with Gasteiger partial charge in [0.15, 0.2) is 6.61 Å². The zero-order valence-electron chi connectivity index (χ0n) is 16.4. The second kappa shape index (κ2) is 8.77. The molecule has 8 heteroatoms. The largest absolute Gasteiger partial charge is 0.485 e. The predicted molar refractivity (Wildman–Crippen MR) is 106 cm³/mol. The Morgan fingerprint density at radius 3 is 2.57 bits per heavy atom. The van der Waals surface area contributed by atoms with Gasteiger partial charge in [-0.15, -0.1) is 0 Å². The summed E-state index contributed by atoms with van der Waals surface area (Å²) in [5.41, 5.74) is 0.808. The van der Waals surface area contributed by atoms with Crippen LogP contribution in [0, 0.1) is 6.92 Å². The number of hydrogen-bond donors (Lipinski definition) is 1. The first-order valence-electron chi connectivity index (χ1n) is 9.67. The fraction of sp³-hybridized carbons (Fsp3) is 0.273. The number of para-hydroxylation sites is 1. The van der Waals surface area contributed by atoms with Gasteiger partial charge < -0.3 is 19.3 Å². The molecule has 1 amide bonds. The number of esters is 1. The third kappa shape index (κ3) is 4.83. The highest BCUT2D eigenvalue weighted by atomic mass is 16.6. The number of aromatic nitrogens is 2. The molecule has 154 valence electrons. The number of benzene rings is 2. The van der Waals surface area contributed by atoms with E-state index in [-0.39, 0.29) is 24.1 Å². The Balaban J connectivity index is 1.51. The Hall–Kier alpha value is -3.68. The standard InChI is InChI=1S/C22H21N3O5/c1-14-23-19(25-30-14)13-28-18-10-6-5-9-17(18)22(27)29-20(15-7-3-2-4-8-15)21(26)24-16-11-12-16/h2-10,16,20H,11-13H2,1H3,(H,24,26)/t20-/m1/s1. The maximum absolute atomic E-state index is 12.9. The van der Waals surface area contributed by atoms with Crippen LogP contribution in [-0.2, 0) is 16.1 Å². The van der Waals surface area contributed by atoms with Gasteiger partial charge in [-0.25, -0.2) is 4.79 Å². The molecule has 0 spiro atoms. The Morgan fingerprint density at radius 2 is 1.87 bits per heavy atom. The summed E-state index contributed by atoms with van der Waals surface area (Å²) < 4.78 is 16.2. The Labute approximate surface area is 173 Å². The molecule has 1 N–H and O–H groups in total. The fourth-order valence-corrected chi connectivity index (χ4v) is 2.88. The van der Waals surface area contributed by atoms with Gasteiger partial charge in [0, 0.05) is 18.5 Å². The Bertz CT molecular complexity index is 1030. The molecule has 1 fully saturated rings. The summed E-state index contributed by atoms with van der Waals surface area (Å²) in [7, 11) is 0. The van der Waals surface area contributed by atoms with Gasteiger partial charge in [-0.3, -0.25) is 4.79 Å². The van der Waals surface area contributed by atoms with Crippen molar-refractivity contribution in [2.24, 2.45) is 0 Å². The van der Waals surface area contributed by atoms with Crippen LogP contribution in [0.2, 0.25) is 0 Å². The molecular formula is C22H21N3O5. The highest BCUT2D eigenvalue weighted by Crippen LogP contribution is 2.26. The van der Waals surface area contributed by atoms with Gasteiger partial charge in [0.05, 0.1) is 0 Å². The first kappa shape index (κ1) is 19.6. The van der Waals surface area contributed by atoms with Crippen molar-refractivity contribution in [3.05, 3.63) is 77.4 Å².